The third-order valence-corrected chi connectivity index (χ3v) is 8.34. The summed E-state index contributed by atoms with van der Waals surface area (Å²) in [5.74, 6) is -1.19. The molecule has 0 aliphatic heterocycles. The van der Waals surface area contributed by atoms with Crippen molar-refractivity contribution in [2.45, 2.75) is 39.7 Å². The minimum atomic E-state index is -0.515. The molecular weight excluding hydrogens is 544 g/mol. The first-order valence-electron chi connectivity index (χ1n) is 12.5. The number of rotatable bonds is 8. The minimum Gasteiger partial charge on any atom is -0.506 e. The van der Waals surface area contributed by atoms with Gasteiger partial charge in [-0.05, 0) is 53.3 Å². The molecule has 2 aromatic heterocycles. The van der Waals surface area contributed by atoms with Crippen molar-refractivity contribution in [3.05, 3.63) is 98.1 Å². The van der Waals surface area contributed by atoms with Crippen LogP contribution in [0.1, 0.15) is 74.1 Å². The van der Waals surface area contributed by atoms with E-state index in [1.807, 2.05) is 17.5 Å². The largest absolute Gasteiger partial charge is 0.506 e. The molecule has 0 saturated heterocycles. The van der Waals surface area contributed by atoms with Crippen molar-refractivity contribution in [2.24, 2.45) is 10.8 Å². The normalized spacial score (nSPS) is 11.8. The number of hydrazone groups is 1. The molecule has 2 heterocycles. The molecule has 0 unspecified atom stereocenters. The van der Waals surface area contributed by atoms with E-state index >= 15 is 0 Å². The van der Waals surface area contributed by atoms with Crippen molar-refractivity contribution < 1.29 is 19.5 Å². The van der Waals surface area contributed by atoms with E-state index in [9.17, 15) is 19.5 Å². The Kier molecular flexibility index (Phi) is 8.51. The molecule has 0 radical (unpaired) electrons. The molecule has 0 aliphatic carbocycles. The van der Waals surface area contributed by atoms with Crippen molar-refractivity contribution in [1.29, 1.82) is 0 Å². The fourth-order valence-electron chi connectivity index (χ4n) is 3.82. The van der Waals surface area contributed by atoms with E-state index in [0.717, 1.165) is 27.3 Å². The molecule has 4 aromatic rings. The van der Waals surface area contributed by atoms with Crippen LogP contribution in [0.25, 0.3) is 10.4 Å². The summed E-state index contributed by atoms with van der Waals surface area (Å²) in [6.07, 6.45) is 0. The zero-order chi connectivity index (χ0) is 29.0. The van der Waals surface area contributed by atoms with Crippen molar-refractivity contribution in [2.75, 3.05) is 0 Å². The molecule has 10 heteroatoms. The maximum atomic E-state index is 12.7. The van der Waals surface area contributed by atoms with Crippen LogP contribution < -0.4 is 16.5 Å². The molecule has 3 amide bonds. The monoisotopic (exact) mass is 574 g/mol. The molecule has 5 N–H and O–H groups in total. The summed E-state index contributed by atoms with van der Waals surface area (Å²) < 4.78 is 0. The molecule has 40 heavy (non-hydrogen) atoms. The van der Waals surface area contributed by atoms with Crippen LogP contribution in [0.5, 0.6) is 5.75 Å². The van der Waals surface area contributed by atoms with E-state index in [2.05, 4.69) is 48.7 Å². The number of nitrogens with zero attached hydrogens (tertiary/aromatic N) is 1. The van der Waals surface area contributed by atoms with Crippen molar-refractivity contribution in [3.63, 3.8) is 0 Å². The molecule has 0 atom stereocenters. The highest BCUT2D eigenvalue weighted by atomic mass is 32.1. The Bertz CT molecular complexity index is 1580. The fraction of sp³-hybridized carbons (Fsp3) is 0.200. The molecule has 0 bridgehead atoms. The Labute approximate surface area is 240 Å². The second-order valence-electron chi connectivity index (χ2n) is 10.2. The zero-order valence-electron chi connectivity index (χ0n) is 22.6. The minimum absolute atomic E-state index is 0.0386. The number of nitrogens with one attached hydrogen (secondary N) is 2. The van der Waals surface area contributed by atoms with Crippen LogP contribution in [0.2, 0.25) is 0 Å². The van der Waals surface area contributed by atoms with Gasteiger partial charge in [0.25, 0.3) is 11.8 Å². The van der Waals surface area contributed by atoms with Crippen LogP contribution in [-0.2, 0) is 12.0 Å². The number of primary amides is 1. The second kappa shape index (κ2) is 11.8. The number of thiophene rings is 2. The van der Waals surface area contributed by atoms with Crippen molar-refractivity contribution >= 4 is 46.1 Å². The van der Waals surface area contributed by atoms with Gasteiger partial charge in [-0.2, -0.15) is 5.10 Å². The van der Waals surface area contributed by atoms with Gasteiger partial charge in [-0.25, -0.2) is 5.43 Å². The van der Waals surface area contributed by atoms with Gasteiger partial charge >= 0.3 is 0 Å². The molecule has 0 spiro atoms. The van der Waals surface area contributed by atoms with Crippen molar-refractivity contribution in [1.82, 2.24) is 10.7 Å². The number of nitrogens with two attached hydrogens (primary N) is 1. The summed E-state index contributed by atoms with van der Waals surface area (Å²) in [6, 6.07) is 17.9. The quantitative estimate of drug-likeness (QED) is 0.160. The van der Waals surface area contributed by atoms with E-state index in [4.69, 9.17) is 5.73 Å². The predicted octanol–water partition coefficient (Wildman–Crippen LogP) is 5.66. The highest BCUT2D eigenvalue weighted by Crippen LogP contribution is 2.39. The lowest BCUT2D eigenvalue weighted by Crippen LogP contribution is -2.22. The van der Waals surface area contributed by atoms with E-state index in [1.54, 1.807) is 43.3 Å². The van der Waals surface area contributed by atoms with Crippen molar-refractivity contribution in [3.8, 4) is 16.2 Å². The van der Waals surface area contributed by atoms with Gasteiger partial charge in [0.15, 0.2) is 0 Å². The van der Waals surface area contributed by atoms with Gasteiger partial charge in [0.05, 0.1) is 25.9 Å². The number of carbonyl (C=O) groups excluding carboxylic acids is 3. The zero-order valence-corrected chi connectivity index (χ0v) is 24.2. The Hall–Kier alpha value is -4.28. The number of carbonyl (C=O) groups is 3. The van der Waals surface area contributed by atoms with Gasteiger partial charge in [-0.3, -0.25) is 14.4 Å². The van der Waals surface area contributed by atoms with Crippen LogP contribution in [0.4, 0.5) is 0 Å². The summed E-state index contributed by atoms with van der Waals surface area (Å²) in [7, 11) is 0. The highest BCUT2D eigenvalue weighted by Gasteiger charge is 2.18. The molecule has 0 saturated carbocycles. The average Bonchev–Trinajstić information content (AvgIpc) is 3.57. The average molecular weight is 575 g/mol. The standard InChI is InChI=1S/C30H30N4O4S2/c1-17(22-16-39-26(25(22)35)19-9-11-21(12-10-19)30(2,3)4)33-34-29(38)24-14-13-23(40-24)28(37)32-15-18-5-7-20(8-6-18)27(31)36/h5-14,16,35H,15H2,1-4H3,(H2,31,36)(H,32,37)(H,34,38). The summed E-state index contributed by atoms with van der Waals surface area (Å²) in [4.78, 5) is 37.8. The van der Waals surface area contributed by atoms with Gasteiger partial charge in [-0.1, -0.05) is 57.2 Å². The first kappa shape index (κ1) is 28.7. The number of aromatic hydroxyl groups is 1. The molecular formula is C30H30N4O4S2. The molecule has 2 aromatic carbocycles. The Morgan fingerprint density at radius 1 is 0.925 bits per heavy atom. The predicted molar refractivity (Wildman–Crippen MR) is 160 cm³/mol. The topological polar surface area (TPSA) is 134 Å². The first-order chi connectivity index (χ1) is 18.9. The smallest absolute Gasteiger partial charge is 0.281 e. The summed E-state index contributed by atoms with van der Waals surface area (Å²) in [5, 5.41) is 19.6. The third-order valence-electron chi connectivity index (χ3n) is 6.24. The maximum absolute atomic E-state index is 12.7. The molecule has 206 valence electrons. The number of hydrogen-bond donors (Lipinski definition) is 4. The third kappa shape index (κ3) is 6.64. The maximum Gasteiger partial charge on any atom is 0.281 e. The molecule has 0 aliphatic rings. The Morgan fingerprint density at radius 3 is 2.15 bits per heavy atom. The van der Waals surface area contributed by atoms with E-state index in [-0.39, 0.29) is 23.6 Å². The SMILES string of the molecule is CC(=NNC(=O)c1ccc(C(=O)NCc2ccc(C(N)=O)cc2)s1)c1csc(-c2ccc(C(C)(C)C)cc2)c1O. The van der Waals surface area contributed by atoms with Crippen LogP contribution in [0.3, 0.4) is 0 Å². The van der Waals surface area contributed by atoms with E-state index < -0.39 is 11.8 Å². The Morgan fingerprint density at radius 2 is 1.55 bits per heavy atom. The lowest BCUT2D eigenvalue weighted by atomic mass is 9.86. The summed E-state index contributed by atoms with van der Waals surface area (Å²) >= 11 is 2.45. The number of hydrogen-bond acceptors (Lipinski definition) is 7. The number of amides is 3. The lowest BCUT2D eigenvalue weighted by Gasteiger charge is -2.19. The highest BCUT2D eigenvalue weighted by molar-refractivity contribution is 7.16. The van der Waals surface area contributed by atoms with E-state index in [0.29, 0.717) is 26.6 Å². The molecule has 0 fully saturated rings. The van der Waals surface area contributed by atoms with Gasteiger partial charge in [0, 0.05) is 17.5 Å². The van der Waals surface area contributed by atoms with Crippen LogP contribution >= 0.6 is 22.7 Å². The Balaban J connectivity index is 1.36. The fourth-order valence-corrected chi connectivity index (χ4v) is 5.65. The number of benzene rings is 2. The van der Waals surface area contributed by atoms with Crippen LogP contribution in [0.15, 0.2) is 71.1 Å². The first-order valence-corrected chi connectivity index (χ1v) is 14.2. The second-order valence-corrected chi connectivity index (χ2v) is 12.2. The van der Waals surface area contributed by atoms with Gasteiger partial charge in [-0.15, -0.1) is 22.7 Å². The molecule has 8 nitrogen and oxygen atoms in total. The van der Waals surface area contributed by atoms with Gasteiger partial charge in [0.2, 0.25) is 5.91 Å². The summed E-state index contributed by atoms with van der Waals surface area (Å²) in [5.41, 5.74) is 12.1. The van der Waals surface area contributed by atoms with Gasteiger partial charge in [0.1, 0.15) is 5.75 Å². The summed E-state index contributed by atoms with van der Waals surface area (Å²) in [6.45, 7) is 8.42. The van der Waals surface area contributed by atoms with E-state index in [1.165, 1.54) is 16.9 Å². The lowest BCUT2D eigenvalue weighted by molar-refractivity contribution is 0.0950. The van der Waals surface area contributed by atoms with Gasteiger partial charge < -0.3 is 16.2 Å². The van der Waals surface area contributed by atoms with Crippen LogP contribution in [0, 0.1) is 0 Å². The molecule has 4 rings (SSSR count). The van der Waals surface area contributed by atoms with Crippen LogP contribution in [-0.4, -0.2) is 28.5 Å².